The van der Waals surface area contributed by atoms with Crippen molar-refractivity contribution in [1.82, 2.24) is 15.3 Å². The van der Waals surface area contributed by atoms with E-state index in [1.54, 1.807) is 0 Å². The maximum Gasteiger partial charge on any atom is 0.320 e. The van der Waals surface area contributed by atoms with E-state index in [-0.39, 0.29) is 5.41 Å². The van der Waals surface area contributed by atoms with Gasteiger partial charge in [-0.2, -0.15) is 0 Å². The number of rotatable bonds is 6. The van der Waals surface area contributed by atoms with Crippen LogP contribution < -0.4 is 5.32 Å². The summed E-state index contributed by atoms with van der Waals surface area (Å²) in [6.07, 6.45) is 4.26. The van der Waals surface area contributed by atoms with Crippen LogP contribution in [0, 0.1) is 5.41 Å². The van der Waals surface area contributed by atoms with Crippen molar-refractivity contribution in [1.29, 1.82) is 0 Å². The number of hydrogen-bond acceptors (Lipinski definition) is 4. The second kappa shape index (κ2) is 6.92. The normalized spacial score (nSPS) is 17.8. The molecule has 1 aliphatic rings. The first kappa shape index (κ1) is 17.2. The van der Waals surface area contributed by atoms with Gasteiger partial charge in [-0.05, 0) is 31.1 Å². The van der Waals surface area contributed by atoms with Gasteiger partial charge >= 0.3 is 5.97 Å². The van der Waals surface area contributed by atoms with Crippen molar-refractivity contribution in [3.05, 3.63) is 22.2 Å². The Morgan fingerprint density at radius 1 is 1.45 bits per heavy atom. The van der Waals surface area contributed by atoms with Gasteiger partial charge in [0.05, 0.1) is 6.54 Å². The smallest absolute Gasteiger partial charge is 0.320 e. The molecule has 2 N–H and O–H groups in total. The van der Waals surface area contributed by atoms with Crippen LogP contribution in [0.2, 0.25) is 5.15 Å². The highest BCUT2D eigenvalue weighted by atomic mass is 35.5. The first-order chi connectivity index (χ1) is 10.3. The van der Waals surface area contributed by atoms with E-state index in [2.05, 4.69) is 29.1 Å². The molecule has 0 aromatic carbocycles. The Hall–Kier alpha value is -1.20. The van der Waals surface area contributed by atoms with Gasteiger partial charge in [-0.25, -0.2) is 9.97 Å². The minimum atomic E-state index is -0.840. The summed E-state index contributed by atoms with van der Waals surface area (Å²) < 4.78 is 0. The molecule has 0 radical (unpaired) electrons. The molecule has 122 valence electrons. The Bertz CT molecular complexity index is 561. The number of carbonyl (C=O) groups is 1. The van der Waals surface area contributed by atoms with Gasteiger partial charge in [0.1, 0.15) is 17.0 Å². The first-order valence-corrected chi connectivity index (χ1v) is 8.20. The molecule has 0 saturated heterocycles. The van der Waals surface area contributed by atoms with Crippen LogP contribution in [0.5, 0.6) is 0 Å². The predicted molar refractivity (Wildman–Crippen MR) is 86.0 cm³/mol. The third-order valence-corrected chi connectivity index (χ3v) is 4.48. The Kier molecular flexibility index (Phi) is 5.40. The standard InChI is InChI=1S/C16H24ClN3O2/c1-4-5-12(15(21)22)18-9-13-19-11-6-7-16(2,3)8-10(11)14(17)20-13/h12,18H,4-9H2,1-3H3,(H,21,22). The van der Waals surface area contributed by atoms with Crippen LogP contribution in [-0.4, -0.2) is 27.1 Å². The van der Waals surface area contributed by atoms with E-state index in [1.165, 1.54) is 0 Å². The van der Waals surface area contributed by atoms with Crippen LogP contribution in [0.4, 0.5) is 0 Å². The predicted octanol–water partition coefficient (Wildman–Crippen LogP) is 2.99. The highest BCUT2D eigenvalue weighted by Gasteiger charge is 2.28. The van der Waals surface area contributed by atoms with Gasteiger partial charge in [-0.15, -0.1) is 0 Å². The fourth-order valence-corrected chi connectivity index (χ4v) is 3.12. The Morgan fingerprint density at radius 2 is 2.18 bits per heavy atom. The molecule has 1 aromatic rings. The average Bonchev–Trinajstić information content (AvgIpc) is 2.43. The van der Waals surface area contributed by atoms with E-state index in [1.807, 2.05) is 6.92 Å². The molecule has 22 heavy (non-hydrogen) atoms. The van der Waals surface area contributed by atoms with Gasteiger partial charge in [0.25, 0.3) is 0 Å². The van der Waals surface area contributed by atoms with Crippen molar-refractivity contribution in [3.8, 4) is 0 Å². The lowest BCUT2D eigenvalue weighted by Gasteiger charge is -2.31. The Balaban J connectivity index is 2.11. The maximum absolute atomic E-state index is 11.2. The SMILES string of the molecule is CCCC(NCc1nc(Cl)c2c(n1)CCC(C)(C)C2)C(=O)O. The van der Waals surface area contributed by atoms with E-state index in [9.17, 15) is 4.79 Å². The quantitative estimate of drug-likeness (QED) is 0.786. The molecule has 0 fully saturated rings. The molecule has 0 aliphatic heterocycles. The van der Waals surface area contributed by atoms with Crippen LogP contribution in [0.25, 0.3) is 0 Å². The average molecular weight is 326 g/mol. The van der Waals surface area contributed by atoms with Gasteiger partial charge < -0.3 is 5.11 Å². The lowest BCUT2D eigenvalue weighted by molar-refractivity contribution is -0.139. The van der Waals surface area contributed by atoms with Crippen molar-refractivity contribution >= 4 is 17.6 Å². The summed E-state index contributed by atoms with van der Waals surface area (Å²) in [4.78, 5) is 20.1. The highest BCUT2D eigenvalue weighted by Crippen LogP contribution is 2.36. The second-order valence-corrected chi connectivity index (χ2v) is 7.12. The summed E-state index contributed by atoms with van der Waals surface area (Å²) in [6, 6.07) is -0.567. The minimum absolute atomic E-state index is 0.231. The fraction of sp³-hybridized carbons (Fsp3) is 0.688. The topological polar surface area (TPSA) is 75.1 Å². The molecule has 1 aliphatic carbocycles. The van der Waals surface area contributed by atoms with Crippen LogP contribution in [0.3, 0.4) is 0 Å². The molecule has 5 nitrogen and oxygen atoms in total. The van der Waals surface area contributed by atoms with Crippen molar-refractivity contribution in [2.45, 2.75) is 65.5 Å². The zero-order chi connectivity index (χ0) is 16.3. The molecule has 1 atom stereocenters. The van der Waals surface area contributed by atoms with Gasteiger partial charge in [-0.1, -0.05) is 38.8 Å². The number of nitrogens with one attached hydrogen (secondary N) is 1. The Labute approximate surface area is 136 Å². The van der Waals surface area contributed by atoms with Gasteiger partial charge in [-0.3, -0.25) is 10.1 Å². The van der Waals surface area contributed by atoms with Crippen molar-refractivity contribution in [2.75, 3.05) is 0 Å². The molecular weight excluding hydrogens is 302 g/mol. The summed E-state index contributed by atoms with van der Waals surface area (Å²) in [5.74, 6) is -0.265. The van der Waals surface area contributed by atoms with E-state index >= 15 is 0 Å². The number of halogens is 1. The van der Waals surface area contributed by atoms with Crippen LogP contribution in [-0.2, 0) is 24.2 Å². The number of aryl methyl sites for hydroxylation is 1. The monoisotopic (exact) mass is 325 g/mol. The largest absolute Gasteiger partial charge is 0.480 e. The lowest BCUT2D eigenvalue weighted by atomic mass is 9.76. The summed E-state index contributed by atoms with van der Waals surface area (Å²) >= 11 is 6.32. The molecule has 0 saturated carbocycles. The molecule has 1 heterocycles. The van der Waals surface area contributed by atoms with Crippen LogP contribution in [0.1, 0.15) is 57.1 Å². The number of aromatic nitrogens is 2. The fourth-order valence-electron chi connectivity index (χ4n) is 2.85. The van der Waals surface area contributed by atoms with Crippen molar-refractivity contribution < 1.29 is 9.90 Å². The summed E-state index contributed by atoms with van der Waals surface area (Å²) in [7, 11) is 0. The lowest BCUT2D eigenvalue weighted by Crippen LogP contribution is -2.36. The summed E-state index contributed by atoms with van der Waals surface area (Å²) in [5, 5.41) is 12.7. The van der Waals surface area contributed by atoms with E-state index < -0.39 is 12.0 Å². The second-order valence-electron chi connectivity index (χ2n) is 6.76. The molecule has 0 spiro atoms. The van der Waals surface area contributed by atoms with Crippen molar-refractivity contribution in [2.24, 2.45) is 5.41 Å². The van der Waals surface area contributed by atoms with Gasteiger partial charge in [0, 0.05) is 11.3 Å². The molecule has 0 amide bonds. The first-order valence-electron chi connectivity index (χ1n) is 7.83. The Morgan fingerprint density at radius 3 is 2.82 bits per heavy atom. The van der Waals surface area contributed by atoms with Crippen LogP contribution >= 0.6 is 11.6 Å². The number of carboxylic acids is 1. The number of hydrogen-bond donors (Lipinski definition) is 2. The van der Waals surface area contributed by atoms with E-state index in [0.717, 1.165) is 36.9 Å². The third-order valence-electron chi connectivity index (χ3n) is 4.16. The molecule has 2 rings (SSSR count). The van der Waals surface area contributed by atoms with E-state index in [0.29, 0.717) is 23.9 Å². The number of aliphatic carboxylic acids is 1. The molecule has 1 aromatic heterocycles. The number of carboxylic acid groups (broad SMARTS) is 1. The van der Waals surface area contributed by atoms with Crippen molar-refractivity contribution in [3.63, 3.8) is 0 Å². The highest BCUT2D eigenvalue weighted by molar-refractivity contribution is 6.30. The zero-order valence-electron chi connectivity index (χ0n) is 13.4. The summed E-state index contributed by atoms with van der Waals surface area (Å²) in [5.41, 5.74) is 2.29. The molecule has 1 unspecified atom stereocenters. The number of fused-ring (bicyclic) bond motifs is 1. The molecule has 6 heteroatoms. The maximum atomic E-state index is 11.2. The van der Waals surface area contributed by atoms with Gasteiger partial charge in [0.15, 0.2) is 0 Å². The van der Waals surface area contributed by atoms with E-state index in [4.69, 9.17) is 16.7 Å². The van der Waals surface area contributed by atoms with Crippen LogP contribution in [0.15, 0.2) is 0 Å². The van der Waals surface area contributed by atoms with Gasteiger partial charge in [0.2, 0.25) is 0 Å². The molecular formula is C16H24ClN3O2. The third kappa shape index (κ3) is 4.17. The zero-order valence-corrected chi connectivity index (χ0v) is 14.2. The summed E-state index contributed by atoms with van der Waals surface area (Å²) in [6.45, 7) is 6.74. The number of nitrogens with zero attached hydrogens (tertiary/aromatic N) is 2. The minimum Gasteiger partial charge on any atom is -0.480 e. The molecule has 0 bridgehead atoms.